The molecule has 0 saturated carbocycles. The Kier molecular flexibility index (Phi) is 4.04. The summed E-state index contributed by atoms with van der Waals surface area (Å²) in [6.45, 7) is 2.15. The molecule has 0 unspecified atom stereocenters. The quantitative estimate of drug-likeness (QED) is 0.870. The highest BCUT2D eigenvalue weighted by molar-refractivity contribution is 5.95. The molecule has 1 saturated heterocycles. The average Bonchev–Trinajstić information content (AvgIpc) is 2.62. The fourth-order valence-corrected chi connectivity index (χ4v) is 2.03. The summed E-state index contributed by atoms with van der Waals surface area (Å²) >= 11 is 0. The third-order valence-corrected chi connectivity index (χ3v) is 3.01. The Labute approximate surface area is 107 Å². The highest BCUT2D eigenvalue weighted by atomic mass is 16.5. The molecule has 1 amide bonds. The fourth-order valence-electron chi connectivity index (χ4n) is 2.03. The normalized spacial score (nSPS) is 16.3. The Balaban J connectivity index is 2.36. The minimum atomic E-state index is 0.103. The van der Waals surface area contributed by atoms with Crippen molar-refractivity contribution >= 4 is 11.6 Å². The lowest BCUT2D eigenvalue weighted by molar-refractivity contribution is -0.118. The Morgan fingerprint density at radius 1 is 1.22 bits per heavy atom. The van der Waals surface area contributed by atoms with Crippen LogP contribution in [0, 0.1) is 0 Å². The van der Waals surface area contributed by atoms with E-state index in [1.807, 2.05) is 18.2 Å². The van der Waals surface area contributed by atoms with E-state index in [1.54, 1.807) is 19.1 Å². The summed E-state index contributed by atoms with van der Waals surface area (Å²) in [6.07, 6.45) is 0.500. The molecule has 5 heteroatoms. The van der Waals surface area contributed by atoms with Crippen molar-refractivity contribution in [1.29, 1.82) is 0 Å². The average molecular weight is 250 g/mol. The number of benzene rings is 1. The van der Waals surface area contributed by atoms with Crippen molar-refractivity contribution < 1.29 is 14.3 Å². The Morgan fingerprint density at radius 3 is 2.78 bits per heavy atom. The first-order chi connectivity index (χ1) is 8.76. The van der Waals surface area contributed by atoms with Crippen LogP contribution < -0.4 is 19.7 Å². The molecule has 1 fully saturated rings. The molecule has 5 nitrogen and oxygen atoms in total. The van der Waals surface area contributed by atoms with Crippen LogP contribution >= 0.6 is 0 Å². The summed E-state index contributed by atoms with van der Waals surface area (Å²) in [5.74, 6) is 1.51. The number of carbonyl (C=O) groups is 1. The Morgan fingerprint density at radius 2 is 2.06 bits per heavy atom. The van der Waals surface area contributed by atoms with Gasteiger partial charge in [0, 0.05) is 32.1 Å². The van der Waals surface area contributed by atoms with Crippen molar-refractivity contribution in [1.82, 2.24) is 5.32 Å². The number of methoxy groups -OCH3 is 2. The van der Waals surface area contributed by atoms with Gasteiger partial charge in [-0.1, -0.05) is 0 Å². The van der Waals surface area contributed by atoms with E-state index in [0.29, 0.717) is 18.7 Å². The van der Waals surface area contributed by atoms with Gasteiger partial charge in [0.15, 0.2) is 0 Å². The molecule has 1 N–H and O–H groups in total. The van der Waals surface area contributed by atoms with Crippen molar-refractivity contribution in [2.24, 2.45) is 0 Å². The number of amides is 1. The molecule has 1 heterocycles. The van der Waals surface area contributed by atoms with Gasteiger partial charge in [-0.15, -0.1) is 0 Å². The molecule has 1 aliphatic rings. The lowest BCUT2D eigenvalue weighted by Crippen LogP contribution is -2.32. The van der Waals surface area contributed by atoms with Crippen molar-refractivity contribution in [3.8, 4) is 11.5 Å². The second-order valence-corrected chi connectivity index (χ2v) is 4.08. The van der Waals surface area contributed by atoms with Crippen molar-refractivity contribution in [2.75, 3.05) is 38.8 Å². The van der Waals surface area contributed by atoms with Gasteiger partial charge in [-0.25, -0.2) is 0 Å². The molecule has 0 atom stereocenters. The van der Waals surface area contributed by atoms with E-state index < -0.39 is 0 Å². The Bertz CT molecular complexity index is 434. The van der Waals surface area contributed by atoms with Gasteiger partial charge in [-0.2, -0.15) is 0 Å². The first-order valence-corrected chi connectivity index (χ1v) is 5.99. The number of nitrogens with zero attached hydrogens (tertiary/aromatic N) is 1. The van der Waals surface area contributed by atoms with Crippen LogP contribution in [0.25, 0.3) is 0 Å². The monoisotopic (exact) mass is 250 g/mol. The molecule has 0 aromatic heterocycles. The van der Waals surface area contributed by atoms with Gasteiger partial charge in [-0.05, 0) is 12.1 Å². The molecule has 98 valence electrons. The number of nitrogens with one attached hydrogen (secondary N) is 1. The number of ether oxygens (including phenoxy) is 2. The maximum atomic E-state index is 12.1. The van der Waals surface area contributed by atoms with Crippen LogP contribution in [0.2, 0.25) is 0 Å². The number of hydrogen-bond donors (Lipinski definition) is 1. The highest BCUT2D eigenvalue weighted by Gasteiger charge is 2.21. The van der Waals surface area contributed by atoms with Gasteiger partial charge in [0.1, 0.15) is 11.5 Å². The van der Waals surface area contributed by atoms with E-state index in [0.717, 1.165) is 24.5 Å². The van der Waals surface area contributed by atoms with Crippen molar-refractivity contribution in [3.63, 3.8) is 0 Å². The minimum Gasteiger partial charge on any atom is -0.497 e. The summed E-state index contributed by atoms with van der Waals surface area (Å²) in [7, 11) is 3.21. The zero-order chi connectivity index (χ0) is 13.0. The summed E-state index contributed by atoms with van der Waals surface area (Å²) in [6, 6.07) is 5.48. The van der Waals surface area contributed by atoms with Crippen molar-refractivity contribution in [3.05, 3.63) is 18.2 Å². The largest absolute Gasteiger partial charge is 0.497 e. The first-order valence-electron chi connectivity index (χ1n) is 5.99. The third-order valence-electron chi connectivity index (χ3n) is 3.01. The highest BCUT2D eigenvalue weighted by Crippen LogP contribution is 2.32. The van der Waals surface area contributed by atoms with Gasteiger partial charge in [0.25, 0.3) is 0 Å². The smallest absolute Gasteiger partial charge is 0.228 e. The molecule has 1 aromatic rings. The van der Waals surface area contributed by atoms with Gasteiger partial charge in [0.2, 0.25) is 5.91 Å². The van der Waals surface area contributed by atoms with Crippen LogP contribution in [0.4, 0.5) is 5.69 Å². The maximum absolute atomic E-state index is 12.1. The second kappa shape index (κ2) is 5.73. The topological polar surface area (TPSA) is 50.8 Å². The van der Waals surface area contributed by atoms with Gasteiger partial charge in [-0.3, -0.25) is 4.79 Å². The van der Waals surface area contributed by atoms with E-state index in [9.17, 15) is 4.79 Å². The number of carbonyl (C=O) groups excluding carboxylic acids is 1. The predicted octanol–water partition coefficient (Wildman–Crippen LogP) is 1.03. The minimum absolute atomic E-state index is 0.103. The Hall–Kier alpha value is -1.75. The lowest BCUT2D eigenvalue weighted by Gasteiger charge is -2.23. The van der Waals surface area contributed by atoms with Crippen LogP contribution in [0.1, 0.15) is 6.42 Å². The van der Waals surface area contributed by atoms with Crippen LogP contribution in [0.15, 0.2) is 18.2 Å². The SMILES string of the molecule is COc1ccc(OC)c(N2CCNCCC2=O)c1. The van der Waals surface area contributed by atoms with Crippen molar-refractivity contribution in [2.45, 2.75) is 6.42 Å². The van der Waals surface area contributed by atoms with Gasteiger partial charge in [0.05, 0.1) is 19.9 Å². The van der Waals surface area contributed by atoms with Crippen LogP contribution in [0.5, 0.6) is 11.5 Å². The zero-order valence-electron chi connectivity index (χ0n) is 10.7. The summed E-state index contributed by atoms with van der Waals surface area (Å²) in [5, 5.41) is 3.21. The molecule has 1 aromatic carbocycles. The summed E-state index contributed by atoms with van der Waals surface area (Å²) in [5.41, 5.74) is 0.769. The van der Waals surface area contributed by atoms with E-state index in [4.69, 9.17) is 9.47 Å². The molecule has 0 spiro atoms. The molecular weight excluding hydrogens is 232 g/mol. The molecule has 1 aliphatic heterocycles. The maximum Gasteiger partial charge on any atom is 0.228 e. The second-order valence-electron chi connectivity index (χ2n) is 4.08. The van der Waals surface area contributed by atoms with Crippen LogP contribution in [-0.2, 0) is 4.79 Å². The van der Waals surface area contributed by atoms with Crippen LogP contribution in [-0.4, -0.2) is 39.8 Å². The molecule has 2 rings (SSSR count). The number of hydrogen-bond acceptors (Lipinski definition) is 4. The fraction of sp³-hybridized carbons (Fsp3) is 0.462. The summed E-state index contributed by atoms with van der Waals surface area (Å²) < 4.78 is 10.5. The first kappa shape index (κ1) is 12.7. The molecule has 0 aliphatic carbocycles. The molecular formula is C13H18N2O3. The van der Waals surface area contributed by atoms with E-state index in [2.05, 4.69) is 5.32 Å². The van der Waals surface area contributed by atoms with E-state index >= 15 is 0 Å². The standard InChI is InChI=1S/C13H18N2O3/c1-17-10-3-4-12(18-2)11(9-10)15-8-7-14-6-5-13(15)16/h3-4,9,14H,5-8H2,1-2H3. The predicted molar refractivity (Wildman–Crippen MR) is 69.4 cm³/mol. The van der Waals surface area contributed by atoms with E-state index in [1.165, 1.54) is 0 Å². The van der Waals surface area contributed by atoms with Crippen LogP contribution in [0.3, 0.4) is 0 Å². The summed E-state index contributed by atoms with van der Waals surface area (Å²) in [4.78, 5) is 13.8. The van der Waals surface area contributed by atoms with E-state index in [-0.39, 0.29) is 5.91 Å². The molecule has 18 heavy (non-hydrogen) atoms. The molecule has 0 radical (unpaired) electrons. The number of anilines is 1. The lowest BCUT2D eigenvalue weighted by atomic mass is 10.2. The number of rotatable bonds is 3. The zero-order valence-corrected chi connectivity index (χ0v) is 10.7. The molecule has 0 bridgehead atoms. The van der Waals surface area contributed by atoms with Gasteiger partial charge < -0.3 is 19.7 Å². The van der Waals surface area contributed by atoms with Gasteiger partial charge >= 0.3 is 0 Å². The third kappa shape index (κ3) is 2.56.